The number of hydrogen-bond acceptors (Lipinski definition) is 2. The lowest BCUT2D eigenvalue weighted by Gasteiger charge is -2.38. The van der Waals surface area contributed by atoms with Gasteiger partial charge in [0.05, 0.1) is 12.7 Å². The van der Waals surface area contributed by atoms with E-state index < -0.39 is 0 Å². The maximum atomic E-state index is 5.54. The molecule has 0 N–H and O–H groups in total. The Morgan fingerprint density at radius 1 is 1.36 bits per heavy atom. The lowest BCUT2D eigenvalue weighted by Crippen LogP contribution is -2.48. The zero-order valence-electron chi connectivity index (χ0n) is 7.63. The van der Waals surface area contributed by atoms with Gasteiger partial charge >= 0.3 is 0 Å². The molecule has 0 spiro atoms. The minimum absolute atomic E-state index is 0.337. The van der Waals surface area contributed by atoms with Crippen LogP contribution >= 0.6 is 0 Å². The third kappa shape index (κ3) is 1.18. The third-order valence-corrected chi connectivity index (χ3v) is 2.76. The number of hydrogen-bond donors (Lipinski definition) is 0. The van der Waals surface area contributed by atoms with E-state index in [-0.39, 0.29) is 0 Å². The fourth-order valence-electron chi connectivity index (χ4n) is 2.22. The molecular weight excluding hydrogens is 138 g/mol. The summed E-state index contributed by atoms with van der Waals surface area (Å²) in [6, 6.07) is 0.708. The molecule has 0 radical (unpaired) electrons. The van der Waals surface area contributed by atoms with Crippen LogP contribution in [-0.4, -0.2) is 35.7 Å². The van der Waals surface area contributed by atoms with Gasteiger partial charge in [-0.15, -0.1) is 0 Å². The van der Waals surface area contributed by atoms with Gasteiger partial charge in [0.25, 0.3) is 0 Å². The zero-order valence-corrected chi connectivity index (χ0v) is 7.63. The van der Waals surface area contributed by atoms with Gasteiger partial charge in [0.15, 0.2) is 0 Å². The SMILES string of the molecule is CC(C)(C)N1C[C@H]2C[C@@H]1CO2. The van der Waals surface area contributed by atoms with Gasteiger partial charge in [-0.05, 0) is 27.2 Å². The minimum Gasteiger partial charge on any atom is -0.375 e. The van der Waals surface area contributed by atoms with Crippen LogP contribution in [-0.2, 0) is 4.74 Å². The van der Waals surface area contributed by atoms with Crippen molar-refractivity contribution in [2.45, 2.75) is 44.9 Å². The van der Waals surface area contributed by atoms with Gasteiger partial charge in [-0.3, -0.25) is 4.90 Å². The van der Waals surface area contributed by atoms with E-state index in [4.69, 9.17) is 4.74 Å². The molecule has 0 saturated carbocycles. The molecule has 0 aliphatic carbocycles. The van der Waals surface area contributed by atoms with Crippen molar-refractivity contribution < 1.29 is 4.74 Å². The average molecular weight is 155 g/mol. The van der Waals surface area contributed by atoms with Crippen LogP contribution in [0.5, 0.6) is 0 Å². The van der Waals surface area contributed by atoms with Crippen molar-refractivity contribution in [1.29, 1.82) is 0 Å². The summed E-state index contributed by atoms with van der Waals surface area (Å²) in [4.78, 5) is 2.57. The van der Waals surface area contributed by atoms with E-state index in [1.807, 2.05) is 0 Å². The highest BCUT2D eigenvalue weighted by Crippen LogP contribution is 2.33. The smallest absolute Gasteiger partial charge is 0.0718 e. The average Bonchev–Trinajstić information content (AvgIpc) is 2.42. The molecule has 0 aromatic carbocycles. The number of ether oxygens (including phenoxy) is 1. The highest BCUT2D eigenvalue weighted by atomic mass is 16.5. The highest BCUT2D eigenvalue weighted by molar-refractivity contribution is 4.96. The van der Waals surface area contributed by atoms with Crippen LogP contribution in [0, 0.1) is 0 Å². The summed E-state index contributed by atoms with van der Waals surface area (Å²) in [6.07, 6.45) is 1.80. The number of likely N-dealkylation sites (tertiary alicyclic amines) is 1. The molecular formula is C9H17NO. The number of fused-ring (bicyclic) bond motifs is 2. The standard InChI is InChI=1S/C9H17NO/c1-9(2,3)10-5-8-4-7(10)6-11-8/h7-8H,4-6H2,1-3H3/t7-,8-/m1/s1. The molecule has 2 aliphatic heterocycles. The fourth-order valence-corrected chi connectivity index (χ4v) is 2.22. The first-order valence-corrected chi connectivity index (χ1v) is 4.46. The van der Waals surface area contributed by atoms with Crippen molar-refractivity contribution in [3.05, 3.63) is 0 Å². The number of rotatable bonds is 0. The summed E-state index contributed by atoms with van der Waals surface area (Å²) in [6.45, 7) is 8.96. The lowest BCUT2D eigenvalue weighted by molar-refractivity contribution is -0.00804. The van der Waals surface area contributed by atoms with Gasteiger partial charge in [-0.1, -0.05) is 0 Å². The topological polar surface area (TPSA) is 12.5 Å². The van der Waals surface area contributed by atoms with Crippen molar-refractivity contribution in [3.8, 4) is 0 Å². The van der Waals surface area contributed by atoms with E-state index in [0.717, 1.165) is 13.2 Å². The van der Waals surface area contributed by atoms with E-state index in [1.165, 1.54) is 6.42 Å². The molecule has 2 nitrogen and oxygen atoms in total. The summed E-state index contributed by atoms with van der Waals surface area (Å²) in [7, 11) is 0. The number of morpholine rings is 1. The monoisotopic (exact) mass is 155 g/mol. The van der Waals surface area contributed by atoms with Crippen LogP contribution in [0.15, 0.2) is 0 Å². The van der Waals surface area contributed by atoms with Crippen LogP contribution in [0.1, 0.15) is 27.2 Å². The quantitative estimate of drug-likeness (QED) is 0.522. The Bertz CT molecular complexity index is 161. The van der Waals surface area contributed by atoms with Gasteiger partial charge in [0.1, 0.15) is 0 Å². The second-order valence-corrected chi connectivity index (χ2v) is 4.67. The molecule has 2 bridgehead atoms. The molecule has 0 aromatic heterocycles. The Kier molecular flexibility index (Phi) is 1.52. The largest absolute Gasteiger partial charge is 0.375 e. The molecule has 2 heterocycles. The first-order valence-electron chi connectivity index (χ1n) is 4.46. The van der Waals surface area contributed by atoms with Crippen LogP contribution in [0.4, 0.5) is 0 Å². The first-order chi connectivity index (χ1) is 5.07. The third-order valence-electron chi connectivity index (χ3n) is 2.76. The van der Waals surface area contributed by atoms with E-state index >= 15 is 0 Å². The Hall–Kier alpha value is -0.0800. The Labute approximate surface area is 68.5 Å². The predicted octanol–water partition coefficient (Wildman–Crippen LogP) is 1.26. The lowest BCUT2D eigenvalue weighted by atomic mass is 10.1. The van der Waals surface area contributed by atoms with Crippen molar-refractivity contribution >= 4 is 0 Å². The van der Waals surface area contributed by atoms with E-state index in [0.29, 0.717) is 17.7 Å². The van der Waals surface area contributed by atoms with Crippen LogP contribution in [0.2, 0.25) is 0 Å². The second kappa shape index (κ2) is 2.20. The molecule has 2 aliphatic rings. The van der Waals surface area contributed by atoms with Gasteiger partial charge in [-0.2, -0.15) is 0 Å². The molecule has 0 amide bonds. The predicted molar refractivity (Wildman–Crippen MR) is 44.6 cm³/mol. The van der Waals surface area contributed by atoms with Gasteiger partial charge in [0, 0.05) is 18.1 Å². The van der Waals surface area contributed by atoms with E-state index in [9.17, 15) is 0 Å². The van der Waals surface area contributed by atoms with Gasteiger partial charge in [-0.25, -0.2) is 0 Å². The number of nitrogens with zero attached hydrogens (tertiary/aromatic N) is 1. The normalized spacial score (nSPS) is 38.5. The highest BCUT2D eigenvalue weighted by Gasteiger charge is 2.43. The molecule has 2 saturated heterocycles. The molecule has 64 valence electrons. The van der Waals surface area contributed by atoms with Crippen LogP contribution < -0.4 is 0 Å². The minimum atomic E-state index is 0.337. The molecule has 2 fully saturated rings. The molecule has 0 aromatic rings. The summed E-state index contributed by atoms with van der Waals surface area (Å²) in [5.41, 5.74) is 0.337. The molecule has 2 rings (SSSR count). The van der Waals surface area contributed by atoms with Crippen molar-refractivity contribution in [3.63, 3.8) is 0 Å². The van der Waals surface area contributed by atoms with E-state index in [1.54, 1.807) is 0 Å². The fraction of sp³-hybridized carbons (Fsp3) is 1.00. The second-order valence-electron chi connectivity index (χ2n) is 4.67. The summed E-state index contributed by atoms with van der Waals surface area (Å²) in [5, 5.41) is 0. The maximum absolute atomic E-state index is 5.54. The zero-order chi connectivity index (χ0) is 8.06. The first kappa shape index (κ1) is 7.56. The van der Waals surface area contributed by atoms with Crippen molar-refractivity contribution in [2.75, 3.05) is 13.2 Å². The Morgan fingerprint density at radius 2 is 2.09 bits per heavy atom. The van der Waals surface area contributed by atoms with Crippen molar-refractivity contribution in [1.82, 2.24) is 4.90 Å². The van der Waals surface area contributed by atoms with Gasteiger partial charge < -0.3 is 4.74 Å². The Morgan fingerprint density at radius 3 is 2.36 bits per heavy atom. The summed E-state index contributed by atoms with van der Waals surface area (Å²) in [5.74, 6) is 0. The Balaban J connectivity index is 2.08. The van der Waals surface area contributed by atoms with Gasteiger partial charge in [0.2, 0.25) is 0 Å². The molecule has 2 heteroatoms. The summed E-state index contributed by atoms with van der Waals surface area (Å²) < 4.78 is 5.54. The van der Waals surface area contributed by atoms with Crippen LogP contribution in [0.25, 0.3) is 0 Å². The molecule has 0 unspecified atom stereocenters. The molecule has 2 atom stereocenters. The molecule has 11 heavy (non-hydrogen) atoms. The van der Waals surface area contributed by atoms with Crippen LogP contribution in [0.3, 0.4) is 0 Å². The van der Waals surface area contributed by atoms with E-state index in [2.05, 4.69) is 25.7 Å². The summed E-state index contributed by atoms with van der Waals surface area (Å²) >= 11 is 0. The van der Waals surface area contributed by atoms with Crippen molar-refractivity contribution in [2.24, 2.45) is 0 Å². The maximum Gasteiger partial charge on any atom is 0.0718 e.